The summed E-state index contributed by atoms with van der Waals surface area (Å²) in [5.41, 5.74) is 0. The van der Waals surface area contributed by atoms with Gasteiger partial charge in [-0.2, -0.15) is 0 Å². The van der Waals surface area contributed by atoms with Gasteiger partial charge in [-0.1, -0.05) is 6.58 Å². The Labute approximate surface area is 84.0 Å². The van der Waals surface area contributed by atoms with E-state index in [-0.39, 0.29) is 24.3 Å². The molecule has 1 N–H and O–H groups in total. The summed E-state index contributed by atoms with van der Waals surface area (Å²) in [6.45, 7) is 5.93. The number of carbonyl (C=O) groups is 2. The highest BCUT2D eigenvalue weighted by atomic mass is 16.2. The molecule has 1 aliphatic rings. The highest BCUT2D eigenvalue weighted by molar-refractivity contribution is 5.88. The maximum Gasteiger partial charge on any atom is 0.242 e. The molecule has 0 unspecified atom stereocenters. The second kappa shape index (κ2) is 4.79. The number of nitrogens with zero attached hydrogens (tertiary/aromatic N) is 1. The lowest BCUT2D eigenvalue weighted by atomic mass is 10.1. The van der Waals surface area contributed by atoms with Crippen LogP contribution in [0.1, 0.15) is 19.8 Å². The summed E-state index contributed by atoms with van der Waals surface area (Å²) < 4.78 is 0. The van der Waals surface area contributed by atoms with Gasteiger partial charge in [-0.05, 0) is 26.0 Å². The Kier molecular flexibility index (Phi) is 3.68. The van der Waals surface area contributed by atoms with Gasteiger partial charge in [-0.15, -0.1) is 0 Å². The van der Waals surface area contributed by atoms with E-state index in [0.717, 1.165) is 12.8 Å². The number of amides is 1. The summed E-state index contributed by atoms with van der Waals surface area (Å²) in [6, 6.07) is -0.200. The molecule has 78 valence electrons. The molecule has 0 spiro atoms. The van der Waals surface area contributed by atoms with E-state index in [2.05, 4.69) is 11.9 Å². The third-order valence-corrected chi connectivity index (χ3v) is 2.44. The van der Waals surface area contributed by atoms with Crippen molar-refractivity contribution in [1.82, 2.24) is 10.2 Å². The molecule has 0 radical (unpaired) electrons. The maximum atomic E-state index is 11.6. The predicted octanol–water partition coefficient (Wildman–Crippen LogP) is 0.299. The fourth-order valence-electron chi connectivity index (χ4n) is 1.75. The Hall–Kier alpha value is -1.32. The quantitative estimate of drug-likeness (QED) is 0.703. The van der Waals surface area contributed by atoms with Crippen LogP contribution in [0.2, 0.25) is 0 Å². The molecular formula is C10H16N2O2. The van der Waals surface area contributed by atoms with Crippen LogP contribution < -0.4 is 5.32 Å². The number of hydrogen-bond acceptors (Lipinski definition) is 3. The highest BCUT2D eigenvalue weighted by Gasteiger charge is 2.31. The fraction of sp³-hybridized carbons (Fsp3) is 0.600. The van der Waals surface area contributed by atoms with Gasteiger partial charge in [-0.25, -0.2) is 0 Å². The molecule has 1 saturated heterocycles. The van der Waals surface area contributed by atoms with Gasteiger partial charge < -0.3 is 10.2 Å². The van der Waals surface area contributed by atoms with Crippen LogP contribution in [0.3, 0.4) is 0 Å². The van der Waals surface area contributed by atoms with Crippen LogP contribution in [0.15, 0.2) is 12.8 Å². The number of likely N-dealkylation sites (tertiary alicyclic amines) is 1. The Bertz CT molecular complexity index is 251. The van der Waals surface area contributed by atoms with E-state index in [9.17, 15) is 9.59 Å². The molecule has 0 aromatic carbocycles. The van der Waals surface area contributed by atoms with Crippen LogP contribution in [0, 0.1) is 0 Å². The molecule has 0 saturated carbocycles. The molecule has 0 aliphatic carbocycles. The average molecular weight is 196 g/mol. The Morgan fingerprint density at radius 3 is 2.93 bits per heavy atom. The fourth-order valence-corrected chi connectivity index (χ4v) is 1.75. The molecule has 1 rings (SSSR count). The third-order valence-electron chi connectivity index (χ3n) is 2.44. The first kappa shape index (κ1) is 10.8. The number of hydrogen-bond donors (Lipinski definition) is 1. The van der Waals surface area contributed by atoms with Gasteiger partial charge in [0.05, 0.1) is 12.6 Å². The first-order chi connectivity index (χ1) is 6.66. The summed E-state index contributed by atoms with van der Waals surface area (Å²) >= 11 is 0. The second-order valence-electron chi connectivity index (χ2n) is 3.44. The van der Waals surface area contributed by atoms with Crippen molar-refractivity contribution >= 4 is 11.7 Å². The summed E-state index contributed by atoms with van der Waals surface area (Å²) in [7, 11) is 0. The SMILES string of the molecule is C=CNCC(=O)N1CCC[C@H]1C(C)=O. The molecule has 4 heteroatoms. The number of ketones is 1. The van der Waals surface area contributed by atoms with Crippen molar-refractivity contribution in [2.45, 2.75) is 25.8 Å². The lowest BCUT2D eigenvalue weighted by molar-refractivity contribution is -0.136. The summed E-state index contributed by atoms with van der Waals surface area (Å²) in [4.78, 5) is 24.4. The van der Waals surface area contributed by atoms with Crippen LogP contribution in [-0.4, -0.2) is 35.7 Å². The normalized spacial score (nSPS) is 20.6. The predicted molar refractivity (Wildman–Crippen MR) is 53.6 cm³/mol. The number of rotatable bonds is 4. The summed E-state index contributed by atoms with van der Waals surface area (Å²) in [6.07, 6.45) is 3.20. The third kappa shape index (κ3) is 2.34. The van der Waals surface area contributed by atoms with Crippen molar-refractivity contribution in [3.63, 3.8) is 0 Å². The molecule has 0 bridgehead atoms. The van der Waals surface area contributed by atoms with Crippen molar-refractivity contribution in [3.8, 4) is 0 Å². The van der Waals surface area contributed by atoms with Gasteiger partial charge in [0, 0.05) is 6.54 Å². The molecule has 4 nitrogen and oxygen atoms in total. The minimum atomic E-state index is -0.200. The smallest absolute Gasteiger partial charge is 0.242 e. The van der Waals surface area contributed by atoms with E-state index >= 15 is 0 Å². The van der Waals surface area contributed by atoms with Gasteiger partial charge in [0.15, 0.2) is 5.78 Å². The topological polar surface area (TPSA) is 49.4 Å². The molecule has 0 aromatic rings. The van der Waals surface area contributed by atoms with Gasteiger partial charge in [-0.3, -0.25) is 9.59 Å². The van der Waals surface area contributed by atoms with Gasteiger partial charge in [0.1, 0.15) is 0 Å². The van der Waals surface area contributed by atoms with E-state index in [1.807, 2.05) is 0 Å². The first-order valence-electron chi connectivity index (χ1n) is 4.81. The summed E-state index contributed by atoms with van der Waals surface area (Å²) in [5.74, 6) is 0.0528. The standard InChI is InChI=1S/C10H16N2O2/c1-3-11-7-10(14)12-6-4-5-9(12)8(2)13/h3,9,11H,1,4-7H2,2H3/t9-/m0/s1. The van der Waals surface area contributed by atoms with E-state index in [4.69, 9.17) is 0 Å². The zero-order valence-corrected chi connectivity index (χ0v) is 8.45. The number of carbonyl (C=O) groups excluding carboxylic acids is 2. The van der Waals surface area contributed by atoms with Crippen molar-refractivity contribution in [2.75, 3.05) is 13.1 Å². The maximum absolute atomic E-state index is 11.6. The lowest BCUT2D eigenvalue weighted by Crippen LogP contribution is -2.43. The minimum Gasteiger partial charge on any atom is -0.383 e. The van der Waals surface area contributed by atoms with E-state index < -0.39 is 0 Å². The van der Waals surface area contributed by atoms with E-state index in [1.54, 1.807) is 4.90 Å². The van der Waals surface area contributed by atoms with Crippen LogP contribution in [-0.2, 0) is 9.59 Å². The Balaban J connectivity index is 2.53. The minimum absolute atomic E-state index is 0.0254. The van der Waals surface area contributed by atoms with Crippen LogP contribution >= 0.6 is 0 Å². The monoisotopic (exact) mass is 196 g/mol. The van der Waals surface area contributed by atoms with Gasteiger partial charge in [0.2, 0.25) is 5.91 Å². The van der Waals surface area contributed by atoms with E-state index in [0.29, 0.717) is 6.54 Å². The number of nitrogens with one attached hydrogen (secondary N) is 1. The van der Waals surface area contributed by atoms with Crippen molar-refractivity contribution in [3.05, 3.63) is 12.8 Å². The largest absolute Gasteiger partial charge is 0.383 e. The van der Waals surface area contributed by atoms with Crippen LogP contribution in [0.25, 0.3) is 0 Å². The Morgan fingerprint density at radius 2 is 2.36 bits per heavy atom. The average Bonchev–Trinajstić information content (AvgIpc) is 2.62. The van der Waals surface area contributed by atoms with Crippen LogP contribution in [0.5, 0.6) is 0 Å². The van der Waals surface area contributed by atoms with Gasteiger partial charge in [0.25, 0.3) is 0 Å². The Morgan fingerprint density at radius 1 is 1.64 bits per heavy atom. The first-order valence-corrected chi connectivity index (χ1v) is 4.81. The molecule has 1 fully saturated rings. The second-order valence-corrected chi connectivity index (χ2v) is 3.44. The molecule has 0 aromatic heterocycles. The van der Waals surface area contributed by atoms with Crippen molar-refractivity contribution in [1.29, 1.82) is 0 Å². The molecule has 1 atom stereocenters. The summed E-state index contributed by atoms with van der Waals surface area (Å²) in [5, 5.41) is 2.75. The molecule has 14 heavy (non-hydrogen) atoms. The molecule has 1 aliphatic heterocycles. The van der Waals surface area contributed by atoms with Crippen molar-refractivity contribution in [2.24, 2.45) is 0 Å². The van der Waals surface area contributed by atoms with Crippen molar-refractivity contribution < 1.29 is 9.59 Å². The van der Waals surface area contributed by atoms with Crippen LogP contribution in [0.4, 0.5) is 0 Å². The van der Waals surface area contributed by atoms with E-state index in [1.165, 1.54) is 13.1 Å². The van der Waals surface area contributed by atoms with Gasteiger partial charge >= 0.3 is 0 Å². The number of Topliss-reactive ketones (excluding diaryl/α,β-unsaturated/α-hetero) is 1. The zero-order valence-electron chi connectivity index (χ0n) is 8.45. The highest BCUT2D eigenvalue weighted by Crippen LogP contribution is 2.17. The molecule has 1 heterocycles. The zero-order chi connectivity index (χ0) is 10.6. The lowest BCUT2D eigenvalue weighted by Gasteiger charge is -2.22. The molecule has 1 amide bonds. The molecular weight excluding hydrogens is 180 g/mol.